The molecule has 0 fully saturated rings. The SMILES string of the molecule is CCC(C)c1nn(-c2cccc(Oc3ccc4c5cc(C)ccc5n(-c5cc(C(C)(C)C)ccn5)c4c3)c2)c(C(C)CC)c1-c1ccccc1. The van der Waals surface area contributed by atoms with E-state index in [1.54, 1.807) is 0 Å². The van der Waals surface area contributed by atoms with Crippen molar-refractivity contribution in [2.24, 2.45) is 0 Å². The minimum atomic E-state index is 0.00684. The van der Waals surface area contributed by atoms with Crippen molar-refractivity contribution in [3.05, 3.63) is 132 Å². The Kier molecular flexibility index (Phi) is 8.86. The van der Waals surface area contributed by atoms with Gasteiger partial charge in [0.1, 0.15) is 17.3 Å². The van der Waals surface area contributed by atoms with Crippen molar-refractivity contribution < 1.29 is 4.74 Å². The molecular formula is C45H48N4O. The molecule has 2 atom stereocenters. The maximum atomic E-state index is 6.68. The lowest BCUT2D eigenvalue weighted by Crippen LogP contribution is -2.12. The van der Waals surface area contributed by atoms with Crippen molar-refractivity contribution in [2.75, 3.05) is 0 Å². The summed E-state index contributed by atoms with van der Waals surface area (Å²) in [6, 6.07) is 36.5. The van der Waals surface area contributed by atoms with Gasteiger partial charge in [-0.25, -0.2) is 9.67 Å². The Morgan fingerprint density at radius 3 is 2.22 bits per heavy atom. The Labute approximate surface area is 296 Å². The summed E-state index contributed by atoms with van der Waals surface area (Å²) in [6.07, 6.45) is 3.96. The van der Waals surface area contributed by atoms with E-state index in [2.05, 4.69) is 162 Å². The standard InChI is InChI=1S/C45H48N4O/c1-9-30(4)43-42(32-15-12-11-13-16-32)44(31(5)10-2)49(47-43)34-17-14-18-35(27-34)50-36-20-21-37-38-25-29(3)19-22-39(38)48(40(37)28-36)41-26-33(23-24-46-41)45(6,7)8/h11-28,30-31H,9-10H2,1-8H3. The lowest BCUT2D eigenvalue weighted by atomic mass is 9.88. The summed E-state index contributed by atoms with van der Waals surface area (Å²) in [4.78, 5) is 4.87. The van der Waals surface area contributed by atoms with Gasteiger partial charge in [-0.15, -0.1) is 0 Å². The number of hydrogen-bond donors (Lipinski definition) is 0. The second kappa shape index (κ2) is 13.3. The molecule has 5 nitrogen and oxygen atoms in total. The molecule has 0 aliphatic heterocycles. The summed E-state index contributed by atoms with van der Waals surface area (Å²) in [5.41, 5.74) is 10.6. The molecule has 254 valence electrons. The van der Waals surface area contributed by atoms with Crippen LogP contribution in [0.15, 0.2) is 109 Å². The molecule has 0 radical (unpaired) electrons. The van der Waals surface area contributed by atoms with Gasteiger partial charge in [0.05, 0.1) is 28.1 Å². The first kappa shape index (κ1) is 33.3. The first-order valence-electron chi connectivity index (χ1n) is 18.1. The van der Waals surface area contributed by atoms with Crippen molar-refractivity contribution in [1.82, 2.24) is 19.3 Å². The number of fused-ring (bicyclic) bond motifs is 3. The van der Waals surface area contributed by atoms with Crippen molar-refractivity contribution in [2.45, 2.75) is 85.5 Å². The molecule has 0 spiro atoms. The van der Waals surface area contributed by atoms with Crippen LogP contribution in [0.25, 0.3) is 44.4 Å². The van der Waals surface area contributed by atoms with Crippen molar-refractivity contribution in [1.29, 1.82) is 0 Å². The summed E-state index contributed by atoms with van der Waals surface area (Å²) in [5.74, 6) is 3.09. The summed E-state index contributed by atoms with van der Waals surface area (Å²) in [5, 5.41) is 7.72. The predicted octanol–water partition coefficient (Wildman–Crippen LogP) is 12.5. The van der Waals surface area contributed by atoms with E-state index in [0.717, 1.165) is 52.6 Å². The molecule has 7 rings (SSSR count). The second-order valence-corrected chi connectivity index (χ2v) is 14.8. The van der Waals surface area contributed by atoms with E-state index in [1.807, 2.05) is 12.3 Å². The Morgan fingerprint density at radius 1 is 0.720 bits per heavy atom. The highest BCUT2D eigenvalue weighted by Crippen LogP contribution is 2.40. The minimum Gasteiger partial charge on any atom is -0.457 e. The van der Waals surface area contributed by atoms with E-state index < -0.39 is 0 Å². The normalized spacial score (nSPS) is 13.2. The topological polar surface area (TPSA) is 44.9 Å². The van der Waals surface area contributed by atoms with Gasteiger partial charge in [-0.05, 0) is 90.8 Å². The largest absolute Gasteiger partial charge is 0.457 e. The molecule has 0 saturated carbocycles. The first-order valence-corrected chi connectivity index (χ1v) is 18.1. The summed E-state index contributed by atoms with van der Waals surface area (Å²) in [6.45, 7) is 18.0. The van der Waals surface area contributed by atoms with E-state index in [9.17, 15) is 0 Å². The van der Waals surface area contributed by atoms with Gasteiger partial charge in [-0.2, -0.15) is 5.10 Å². The van der Waals surface area contributed by atoms with Crippen LogP contribution in [0.4, 0.5) is 0 Å². The number of pyridine rings is 1. The average molecular weight is 661 g/mol. The maximum absolute atomic E-state index is 6.68. The zero-order valence-corrected chi connectivity index (χ0v) is 30.7. The van der Waals surface area contributed by atoms with Gasteiger partial charge in [0.15, 0.2) is 0 Å². The molecule has 0 saturated heterocycles. The third kappa shape index (κ3) is 6.10. The number of hydrogen-bond acceptors (Lipinski definition) is 3. The fraction of sp³-hybridized carbons (Fsp3) is 0.289. The van der Waals surface area contributed by atoms with E-state index in [4.69, 9.17) is 14.8 Å². The van der Waals surface area contributed by atoms with Gasteiger partial charge in [0, 0.05) is 40.6 Å². The Morgan fingerprint density at radius 2 is 1.48 bits per heavy atom. The van der Waals surface area contributed by atoms with Gasteiger partial charge in [-0.1, -0.05) is 96.5 Å². The van der Waals surface area contributed by atoms with E-state index in [-0.39, 0.29) is 5.41 Å². The molecular weight excluding hydrogens is 613 g/mol. The number of rotatable bonds is 9. The Bertz CT molecular complexity index is 2300. The van der Waals surface area contributed by atoms with E-state index in [0.29, 0.717) is 11.8 Å². The molecule has 0 aliphatic rings. The van der Waals surface area contributed by atoms with Crippen LogP contribution in [0.2, 0.25) is 0 Å². The Balaban J connectivity index is 1.34. The van der Waals surface area contributed by atoms with Gasteiger partial charge < -0.3 is 4.74 Å². The van der Waals surface area contributed by atoms with Crippen LogP contribution in [-0.4, -0.2) is 19.3 Å². The van der Waals surface area contributed by atoms with Crippen LogP contribution < -0.4 is 4.74 Å². The highest BCUT2D eigenvalue weighted by molar-refractivity contribution is 6.09. The zero-order valence-electron chi connectivity index (χ0n) is 30.7. The van der Waals surface area contributed by atoms with Crippen LogP contribution >= 0.6 is 0 Å². The van der Waals surface area contributed by atoms with Crippen LogP contribution in [0, 0.1) is 6.92 Å². The molecule has 50 heavy (non-hydrogen) atoms. The molecule has 7 aromatic rings. The summed E-state index contributed by atoms with van der Waals surface area (Å²) >= 11 is 0. The highest BCUT2D eigenvalue weighted by Gasteiger charge is 2.26. The molecule has 3 heterocycles. The number of nitrogens with zero attached hydrogens (tertiary/aromatic N) is 4. The fourth-order valence-corrected chi connectivity index (χ4v) is 6.98. The number of benzene rings is 4. The minimum absolute atomic E-state index is 0.00684. The molecule has 0 bridgehead atoms. The van der Waals surface area contributed by atoms with Crippen LogP contribution in [0.1, 0.15) is 95.7 Å². The number of aromatic nitrogens is 4. The Hall–Kier alpha value is -5.16. The molecule has 5 heteroatoms. The van der Waals surface area contributed by atoms with E-state index in [1.165, 1.54) is 38.7 Å². The third-order valence-electron chi connectivity index (χ3n) is 10.2. The van der Waals surface area contributed by atoms with Crippen molar-refractivity contribution in [3.63, 3.8) is 0 Å². The predicted molar refractivity (Wildman–Crippen MR) is 208 cm³/mol. The van der Waals surface area contributed by atoms with Crippen LogP contribution in [0.3, 0.4) is 0 Å². The number of ether oxygens (including phenoxy) is 1. The third-order valence-corrected chi connectivity index (χ3v) is 10.2. The fourth-order valence-electron chi connectivity index (χ4n) is 6.98. The van der Waals surface area contributed by atoms with Gasteiger partial charge >= 0.3 is 0 Å². The number of aryl methyl sites for hydroxylation is 1. The molecule has 0 amide bonds. The second-order valence-electron chi connectivity index (χ2n) is 14.8. The van der Waals surface area contributed by atoms with Crippen molar-refractivity contribution in [3.8, 4) is 34.1 Å². The summed E-state index contributed by atoms with van der Waals surface area (Å²) < 4.78 is 11.1. The average Bonchev–Trinajstić information content (AvgIpc) is 3.67. The van der Waals surface area contributed by atoms with Gasteiger partial charge in [-0.3, -0.25) is 4.57 Å². The molecule has 0 aliphatic carbocycles. The monoisotopic (exact) mass is 660 g/mol. The molecule has 0 N–H and O–H groups in total. The van der Waals surface area contributed by atoms with E-state index >= 15 is 0 Å². The first-order chi connectivity index (χ1) is 24.1. The molecule has 2 unspecified atom stereocenters. The van der Waals surface area contributed by atoms with Gasteiger partial charge in [0.25, 0.3) is 0 Å². The van der Waals surface area contributed by atoms with Crippen molar-refractivity contribution >= 4 is 21.8 Å². The zero-order chi connectivity index (χ0) is 35.2. The van der Waals surface area contributed by atoms with Gasteiger partial charge in [0.2, 0.25) is 0 Å². The van der Waals surface area contributed by atoms with Crippen LogP contribution in [-0.2, 0) is 5.41 Å². The lowest BCUT2D eigenvalue weighted by Gasteiger charge is -2.20. The quantitative estimate of drug-likeness (QED) is 0.155. The summed E-state index contributed by atoms with van der Waals surface area (Å²) in [7, 11) is 0. The molecule has 4 aromatic carbocycles. The smallest absolute Gasteiger partial charge is 0.137 e. The lowest BCUT2D eigenvalue weighted by molar-refractivity contribution is 0.482. The maximum Gasteiger partial charge on any atom is 0.137 e. The highest BCUT2D eigenvalue weighted by atomic mass is 16.5. The van der Waals surface area contributed by atoms with Crippen LogP contribution in [0.5, 0.6) is 11.5 Å². The molecule has 3 aromatic heterocycles.